The molecule has 0 saturated carbocycles. The maximum atomic E-state index is 12.9. The Kier molecular flexibility index (Phi) is 3.10. The first-order chi connectivity index (χ1) is 6.43. The van der Waals surface area contributed by atoms with E-state index in [2.05, 4.69) is 0 Å². The van der Waals surface area contributed by atoms with Gasteiger partial charge in [0.25, 0.3) is 0 Å². The van der Waals surface area contributed by atoms with Gasteiger partial charge in [-0.1, -0.05) is 0 Å². The Morgan fingerprint density at radius 2 is 2.00 bits per heavy atom. The summed E-state index contributed by atoms with van der Waals surface area (Å²) in [5, 5.41) is 0. The summed E-state index contributed by atoms with van der Waals surface area (Å²) in [5.74, 6) is -0.385. The predicted octanol–water partition coefficient (Wildman–Crippen LogP) is 1.63. The van der Waals surface area contributed by atoms with Crippen LogP contribution in [0, 0.1) is 5.82 Å². The fourth-order valence-electron chi connectivity index (χ4n) is 1.00. The maximum Gasteiger partial charge on any atom is 0.175 e. The summed E-state index contributed by atoms with van der Waals surface area (Å²) in [6, 6.07) is 3.43. The van der Waals surface area contributed by atoms with E-state index in [1.165, 1.54) is 6.07 Å². The smallest absolute Gasteiger partial charge is 0.175 e. The Morgan fingerprint density at radius 3 is 2.50 bits per heavy atom. The third-order valence-electron chi connectivity index (χ3n) is 1.58. The van der Waals surface area contributed by atoms with E-state index in [9.17, 15) is 12.8 Å². The molecule has 1 aromatic carbocycles. The molecular formula is C9H11FO3S. The Bertz CT molecular complexity index is 426. The highest BCUT2D eigenvalue weighted by Gasteiger charge is 2.10. The fraction of sp³-hybridized carbons (Fsp3) is 0.333. The molecule has 0 aliphatic heterocycles. The SMILES string of the molecule is CCOc1cc(F)cc(S(C)(=O)=O)c1. The number of hydrogen-bond donors (Lipinski definition) is 0. The molecule has 0 aliphatic rings. The molecule has 78 valence electrons. The highest BCUT2D eigenvalue weighted by Crippen LogP contribution is 2.19. The number of ether oxygens (including phenoxy) is 1. The molecule has 0 unspecified atom stereocenters. The molecule has 1 aromatic rings. The lowest BCUT2D eigenvalue weighted by atomic mass is 10.3. The summed E-state index contributed by atoms with van der Waals surface area (Å²) in [6.07, 6.45) is 1.03. The van der Waals surface area contributed by atoms with Gasteiger partial charge < -0.3 is 4.74 Å². The minimum absolute atomic E-state index is 0.0686. The number of benzene rings is 1. The van der Waals surface area contributed by atoms with Gasteiger partial charge in [0.2, 0.25) is 0 Å². The van der Waals surface area contributed by atoms with Crippen molar-refractivity contribution in [3.05, 3.63) is 24.0 Å². The Morgan fingerprint density at radius 1 is 1.36 bits per heavy atom. The number of hydrogen-bond acceptors (Lipinski definition) is 3. The second kappa shape index (κ2) is 3.96. The van der Waals surface area contributed by atoms with Gasteiger partial charge in [0.05, 0.1) is 11.5 Å². The monoisotopic (exact) mass is 218 g/mol. The lowest BCUT2D eigenvalue weighted by Gasteiger charge is -2.05. The van der Waals surface area contributed by atoms with Crippen LogP contribution in [0.2, 0.25) is 0 Å². The molecule has 0 spiro atoms. The Hall–Kier alpha value is -1.10. The Labute approximate surface area is 82.4 Å². The molecule has 5 heteroatoms. The van der Waals surface area contributed by atoms with Gasteiger partial charge in [-0.05, 0) is 19.1 Å². The van der Waals surface area contributed by atoms with Gasteiger partial charge in [0.15, 0.2) is 9.84 Å². The summed E-state index contributed by atoms with van der Waals surface area (Å²) in [5.41, 5.74) is 0. The van der Waals surface area contributed by atoms with Gasteiger partial charge in [-0.15, -0.1) is 0 Å². The van der Waals surface area contributed by atoms with Crippen LogP contribution >= 0.6 is 0 Å². The van der Waals surface area contributed by atoms with Crippen molar-refractivity contribution in [2.75, 3.05) is 12.9 Å². The molecule has 1 rings (SSSR count). The summed E-state index contributed by atoms with van der Waals surface area (Å²) in [4.78, 5) is -0.0686. The highest BCUT2D eigenvalue weighted by atomic mass is 32.2. The topological polar surface area (TPSA) is 43.4 Å². The number of sulfone groups is 1. The van der Waals surface area contributed by atoms with Crippen molar-refractivity contribution in [3.8, 4) is 5.75 Å². The zero-order valence-corrected chi connectivity index (χ0v) is 8.77. The van der Waals surface area contributed by atoms with Gasteiger partial charge in [0.1, 0.15) is 11.6 Å². The maximum absolute atomic E-state index is 12.9. The molecule has 14 heavy (non-hydrogen) atoms. The first kappa shape index (κ1) is 11.0. The zero-order valence-electron chi connectivity index (χ0n) is 7.95. The summed E-state index contributed by atoms with van der Waals surface area (Å²) in [6.45, 7) is 2.11. The highest BCUT2D eigenvalue weighted by molar-refractivity contribution is 7.90. The molecule has 0 heterocycles. The molecule has 0 amide bonds. The fourth-order valence-corrected chi connectivity index (χ4v) is 1.66. The third kappa shape index (κ3) is 2.70. The molecular weight excluding hydrogens is 207 g/mol. The van der Waals surface area contributed by atoms with Crippen LogP contribution in [-0.2, 0) is 9.84 Å². The second-order valence-electron chi connectivity index (χ2n) is 2.83. The zero-order chi connectivity index (χ0) is 10.8. The predicted molar refractivity (Wildman–Crippen MR) is 50.7 cm³/mol. The van der Waals surface area contributed by atoms with Gasteiger partial charge in [-0.3, -0.25) is 0 Å². The van der Waals surface area contributed by atoms with Crippen molar-refractivity contribution in [1.82, 2.24) is 0 Å². The summed E-state index contributed by atoms with van der Waals surface area (Å²) < 4.78 is 40.2. The van der Waals surface area contributed by atoms with E-state index < -0.39 is 15.7 Å². The van der Waals surface area contributed by atoms with Crippen LogP contribution in [0.1, 0.15) is 6.92 Å². The normalized spacial score (nSPS) is 11.4. The van der Waals surface area contributed by atoms with Gasteiger partial charge in [0, 0.05) is 12.3 Å². The molecule has 3 nitrogen and oxygen atoms in total. The number of rotatable bonds is 3. The van der Waals surface area contributed by atoms with Crippen molar-refractivity contribution in [1.29, 1.82) is 0 Å². The van der Waals surface area contributed by atoms with E-state index in [0.717, 1.165) is 18.4 Å². The average molecular weight is 218 g/mol. The largest absolute Gasteiger partial charge is 0.494 e. The quantitative estimate of drug-likeness (QED) is 0.774. The molecule has 0 saturated heterocycles. The van der Waals surface area contributed by atoms with E-state index in [0.29, 0.717) is 6.61 Å². The van der Waals surface area contributed by atoms with Gasteiger partial charge in [-0.25, -0.2) is 12.8 Å². The number of halogens is 1. The average Bonchev–Trinajstić information content (AvgIpc) is 2.02. The van der Waals surface area contributed by atoms with Crippen molar-refractivity contribution in [2.45, 2.75) is 11.8 Å². The summed E-state index contributed by atoms with van der Waals surface area (Å²) >= 11 is 0. The van der Waals surface area contributed by atoms with E-state index in [1.54, 1.807) is 6.92 Å². The minimum atomic E-state index is -3.39. The van der Waals surface area contributed by atoms with Gasteiger partial charge in [-0.2, -0.15) is 0 Å². The van der Waals surface area contributed by atoms with Crippen LogP contribution in [0.3, 0.4) is 0 Å². The standard InChI is InChI=1S/C9H11FO3S/c1-3-13-8-4-7(10)5-9(6-8)14(2,11)12/h4-6H,3H2,1-2H3. The van der Waals surface area contributed by atoms with E-state index in [4.69, 9.17) is 4.74 Å². The molecule has 0 atom stereocenters. The summed E-state index contributed by atoms with van der Waals surface area (Å²) in [7, 11) is -3.39. The molecule has 0 bridgehead atoms. The van der Waals surface area contributed by atoms with Crippen LogP contribution in [-0.4, -0.2) is 21.3 Å². The second-order valence-corrected chi connectivity index (χ2v) is 4.84. The van der Waals surface area contributed by atoms with Crippen LogP contribution in [0.15, 0.2) is 23.1 Å². The van der Waals surface area contributed by atoms with Crippen LogP contribution in [0.25, 0.3) is 0 Å². The first-order valence-corrected chi connectivity index (χ1v) is 5.96. The van der Waals surface area contributed by atoms with Crippen LogP contribution in [0.4, 0.5) is 4.39 Å². The van der Waals surface area contributed by atoms with E-state index in [-0.39, 0.29) is 10.6 Å². The van der Waals surface area contributed by atoms with Crippen molar-refractivity contribution in [2.24, 2.45) is 0 Å². The van der Waals surface area contributed by atoms with Crippen LogP contribution in [0.5, 0.6) is 5.75 Å². The van der Waals surface area contributed by atoms with Crippen molar-refractivity contribution >= 4 is 9.84 Å². The lowest BCUT2D eigenvalue weighted by molar-refractivity contribution is 0.337. The van der Waals surface area contributed by atoms with Crippen molar-refractivity contribution < 1.29 is 17.5 Å². The molecule has 0 radical (unpaired) electrons. The first-order valence-electron chi connectivity index (χ1n) is 4.07. The lowest BCUT2D eigenvalue weighted by Crippen LogP contribution is -2.00. The minimum Gasteiger partial charge on any atom is -0.494 e. The molecule has 0 fully saturated rings. The Balaban J connectivity index is 3.21. The third-order valence-corrected chi connectivity index (χ3v) is 2.68. The molecule has 0 N–H and O–H groups in total. The molecule has 0 aliphatic carbocycles. The molecule has 0 aromatic heterocycles. The van der Waals surface area contributed by atoms with E-state index in [1.807, 2.05) is 0 Å². The van der Waals surface area contributed by atoms with Crippen molar-refractivity contribution in [3.63, 3.8) is 0 Å². The van der Waals surface area contributed by atoms with Crippen LogP contribution < -0.4 is 4.74 Å². The van der Waals surface area contributed by atoms with E-state index >= 15 is 0 Å². The van der Waals surface area contributed by atoms with Gasteiger partial charge >= 0.3 is 0 Å².